The Bertz CT molecular complexity index is 802. The molecule has 0 bridgehead atoms. The maximum absolute atomic E-state index is 12.7. The maximum atomic E-state index is 12.7. The van der Waals surface area contributed by atoms with Gasteiger partial charge < -0.3 is 4.90 Å². The minimum absolute atomic E-state index is 0.0780. The summed E-state index contributed by atoms with van der Waals surface area (Å²) in [4.78, 5) is 27.3. The first-order chi connectivity index (χ1) is 11.9. The Balaban J connectivity index is 1.66. The molecule has 3 rings (SSSR count). The number of aromatic nitrogens is 4. The number of hydrogen-bond acceptors (Lipinski definition) is 6. The third-order valence-electron chi connectivity index (χ3n) is 4.51. The third-order valence-corrected chi connectivity index (χ3v) is 4.51. The summed E-state index contributed by atoms with van der Waals surface area (Å²) in [7, 11) is 3.48. The zero-order valence-electron chi connectivity index (χ0n) is 14.5. The van der Waals surface area contributed by atoms with Gasteiger partial charge in [-0.25, -0.2) is 0 Å². The lowest BCUT2D eigenvalue weighted by atomic mass is 10.2. The molecule has 0 atom stereocenters. The summed E-state index contributed by atoms with van der Waals surface area (Å²) in [5.41, 5.74) is 1.22. The Morgan fingerprint density at radius 3 is 2.52 bits per heavy atom. The van der Waals surface area contributed by atoms with Crippen LogP contribution in [0.15, 0.2) is 12.4 Å². The van der Waals surface area contributed by atoms with Crippen molar-refractivity contribution >= 4 is 11.6 Å². The normalized spacial score (nSPS) is 15.6. The summed E-state index contributed by atoms with van der Waals surface area (Å²) in [6.45, 7) is 4.82. The number of hydrogen-bond donors (Lipinski definition) is 0. The Kier molecular flexibility index (Phi) is 4.53. The molecule has 3 heterocycles. The van der Waals surface area contributed by atoms with Crippen molar-refractivity contribution in [2.24, 2.45) is 14.1 Å². The first-order valence-electron chi connectivity index (χ1n) is 8.04. The molecule has 10 heteroatoms. The van der Waals surface area contributed by atoms with Crippen LogP contribution < -0.4 is 0 Å². The number of carbonyl (C=O) groups excluding carboxylic acids is 1. The van der Waals surface area contributed by atoms with Crippen molar-refractivity contribution in [2.75, 3.05) is 26.2 Å². The van der Waals surface area contributed by atoms with Crippen LogP contribution in [0.5, 0.6) is 0 Å². The molecule has 0 saturated carbocycles. The molecule has 0 aliphatic carbocycles. The first-order valence-corrected chi connectivity index (χ1v) is 8.04. The molecule has 10 nitrogen and oxygen atoms in total. The second-order valence-corrected chi connectivity index (χ2v) is 6.25. The number of nitro groups is 1. The molecular formula is C15H21N7O3. The van der Waals surface area contributed by atoms with Crippen LogP contribution in [0.25, 0.3) is 0 Å². The van der Waals surface area contributed by atoms with Crippen molar-refractivity contribution in [3.63, 3.8) is 0 Å². The molecule has 2 aromatic rings. The molecule has 1 fully saturated rings. The standard InChI is InChI=1S/C15H21N7O3/c1-11-14(22(24)25)13(17-19(11)3)15(23)21-6-4-20(5-7-21)10-12-8-16-18(2)9-12/h8-9H,4-7,10H2,1-3H3. The molecule has 1 aliphatic heterocycles. The molecular weight excluding hydrogens is 326 g/mol. The van der Waals surface area contributed by atoms with Crippen LogP contribution >= 0.6 is 0 Å². The topological polar surface area (TPSA) is 102 Å². The average Bonchev–Trinajstić information content (AvgIpc) is 3.11. The van der Waals surface area contributed by atoms with Crippen LogP contribution in [0.1, 0.15) is 21.7 Å². The first kappa shape index (κ1) is 17.1. The molecule has 134 valence electrons. The van der Waals surface area contributed by atoms with E-state index >= 15 is 0 Å². The van der Waals surface area contributed by atoms with Crippen molar-refractivity contribution in [3.05, 3.63) is 39.5 Å². The molecule has 25 heavy (non-hydrogen) atoms. The number of piperazine rings is 1. The van der Waals surface area contributed by atoms with Crippen molar-refractivity contribution < 1.29 is 9.72 Å². The van der Waals surface area contributed by atoms with E-state index in [0.29, 0.717) is 31.9 Å². The maximum Gasteiger partial charge on any atom is 0.322 e. The van der Waals surface area contributed by atoms with Gasteiger partial charge in [0.2, 0.25) is 5.69 Å². The van der Waals surface area contributed by atoms with E-state index in [9.17, 15) is 14.9 Å². The fraction of sp³-hybridized carbons (Fsp3) is 0.533. The Labute approximate surface area is 144 Å². The summed E-state index contributed by atoms with van der Waals surface area (Å²) in [5.74, 6) is -0.378. The highest BCUT2D eigenvalue weighted by Gasteiger charge is 2.33. The fourth-order valence-electron chi connectivity index (χ4n) is 3.03. The van der Waals surface area contributed by atoms with E-state index in [-0.39, 0.29) is 17.3 Å². The minimum Gasteiger partial charge on any atom is -0.334 e. The van der Waals surface area contributed by atoms with Crippen LogP contribution in [0.2, 0.25) is 0 Å². The third kappa shape index (κ3) is 3.38. The van der Waals surface area contributed by atoms with E-state index in [1.807, 2.05) is 19.4 Å². The average molecular weight is 347 g/mol. The zero-order valence-corrected chi connectivity index (χ0v) is 14.5. The van der Waals surface area contributed by atoms with Crippen LogP contribution in [-0.4, -0.2) is 66.4 Å². The highest BCUT2D eigenvalue weighted by atomic mass is 16.6. The monoisotopic (exact) mass is 347 g/mol. The van der Waals surface area contributed by atoms with Gasteiger partial charge >= 0.3 is 5.69 Å². The van der Waals surface area contributed by atoms with Crippen molar-refractivity contribution in [2.45, 2.75) is 13.5 Å². The largest absolute Gasteiger partial charge is 0.334 e. The van der Waals surface area contributed by atoms with E-state index in [0.717, 1.165) is 12.1 Å². The number of nitrogens with zero attached hydrogens (tertiary/aromatic N) is 7. The minimum atomic E-state index is -0.534. The summed E-state index contributed by atoms with van der Waals surface area (Å²) in [6.07, 6.45) is 3.80. The van der Waals surface area contributed by atoms with Gasteiger partial charge in [0.05, 0.1) is 11.1 Å². The van der Waals surface area contributed by atoms with E-state index in [1.54, 1.807) is 23.6 Å². The Morgan fingerprint density at radius 2 is 1.96 bits per heavy atom. The molecule has 0 radical (unpaired) electrons. The quantitative estimate of drug-likeness (QED) is 0.583. The van der Waals surface area contributed by atoms with Crippen LogP contribution in [0, 0.1) is 17.0 Å². The van der Waals surface area contributed by atoms with E-state index in [1.165, 1.54) is 4.68 Å². The predicted octanol–water partition coefficient (Wildman–Crippen LogP) is 0.328. The van der Waals surface area contributed by atoms with E-state index < -0.39 is 4.92 Å². The van der Waals surface area contributed by atoms with Gasteiger partial charge in [0, 0.05) is 58.6 Å². The van der Waals surface area contributed by atoms with Gasteiger partial charge in [0.25, 0.3) is 5.91 Å². The SMILES string of the molecule is Cc1c([N+](=O)[O-])c(C(=O)N2CCN(Cc3cnn(C)c3)CC2)nn1C. The second-order valence-electron chi connectivity index (χ2n) is 6.25. The molecule has 2 aromatic heterocycles. The molecule has 0 aromatic carbocycles. The molecule has 1 amide bonds. The van der Waals surface area contributed by atoms with Crippen LogP contribution in [0.3, 0.4) is 0 Å². The molecule has 0 spiro atoms. The van der Waals surface area contributed by atoms with Crippen LogP contribution in [-0.2, 0) is 20.6 Å². The van der Waals surface area contributed by atoms with Crippen molar-refractivity contribution in [1.29, 1.82) is 0 Å². The molecule has 1 saturated heterocycles. The second kappa shape index (κ2) is 6.63. The highest BCUT2D eigenvalue weighted by molar-refractivity contribution is 5.96. The van der Waals surface area contributed by atoms with E-state index in [4.69, 9.17) is 0 Å². The predicted molar refractivity (Wildman–Crippen MR) is 89.0 cm³/mol. The lowest BCUT2D eigenvalue weighted by molar-refractivity contribution is -0.385. The molecule has 0 N–H and O–H groups in total. The van der Waals surface area contributed by atoms with Crippen molar-refractivity contribution in [1.82, 2.24) is 29.4 Å². The number of aryl methyl sites for hydroxylation is 2. The van der Waals surface area contributed by atoms with Gasteiger partial charge in [0.1, 0.15) is 5.69 Å². The number of amides is 1. The van der Waals surface area contributed by atoms with Crippen LogP contribution in [0.4, 0.5) is 5.69 Å². The summed E-state index contributed by atoms with van der Waals surface area (Å²) >= 11 is 0. The summed E-state index contributed by atoms with van der Waals surface area (Å²) in [6, 6.07) is 0. The fourth-order valence-corrected chi connectivity index (χ4v) is 3.03. The van der Waals surface area contributed by atoms with Crippen molar-refractivity contribution in [3.8, 4) is 0 Å². The van der Waals surface area contributed by atoms with Gasteiger partial charge in [-0.3, -0.25) is 29.2 Å². The highest BCUT2D eigenvalue weighted by Crippen LogP contribution is 2.24. The lowest BCUT2D eigenvalue weighted by Crippen LogP contribution is -2.48. The lowest BCUT2D eigenvalue weighted by Gasteiger charge is -2.34. The van der Waals surface area contributed by atoms with Gasteiger partial charge in [-0.15, -0.1) is 0 Å². The zero-order chi connectivity index (χ0) is 18.1. The van der Waals surface area contributed by atoms with Gasteiger partial charge in [-0.05, 0) is 6.92 Å². The number of carbonyl (C=O) groups is 1. The van der Waals surface area contributed by atoms with Gasteiger partial charge in [-0.1, -0.05) is 0 Å². The van der Waals surface area contributed by atoms with Gasteiger partial charge in [0.15, 0.2) is 0 Å². The van der Waals surface area contributed by atoms with E-state index in [2.05, 4.69) is 15.1 Å². The van der Waals surface area contributed by atoms with Gasteiger partial charge in [-0.2, -0.15) is 10.2 Å². The Morgan fingerprint density at radius 1 is 1.28 bits per heavy atom. The smallest absolute Gasteiger partial charge is 0.322 e. The number of rotatable bonds is 4. The Hall–Kier alpha value is -2.75. The summed E-state index contributed by atoms with van der Waals surface area (Å²) < 4.78 is 3.14. The molecule has 1 aliphatic rings. The molecule has 0 unspecified atom stereocenters. The summed E-state index contributed by atoms with van der Waals surface area (Å²) in [5, 5.41) is 19.5.